The van der Waals surface area contributed by atoms with Crippen LogP contribution in [0.3, 0.4) is 0 Å². The molecule has 2 heteroatoms. The topological polar surface area (TPSA) is 12.0 Å². The van der Waals surface area contributed by atoms with Crippen LogP contribution in [-0.4, -0.2) is 6.04 Å². The Bertz CT molecular complexity index is 417. The van der Waals surface area contributed by atoms with E-state index in [0.717, 1.165) is 29.9 Å². The van der Waals surface area contributed by atoms with E-state index in [9.17, 15) is 4.39 Å². The summed E-state index contributed by atoms with van der Waals surface area (Å²) in [7, 11) is 0. The minimum absolute atomic E-state index is 0.137. The highest BCUT2D eigenvalue weighted by atomic mass is 19.1. The third kappa shape index (κ3) is 2.44. The van der Waals surface area contributed by atoms with Crippen molar-refractivity contribution in [3.05, 3.63) is 35.6 Å². The second-order valence-corrected chi connectivity index (χ2v) is 6.14. The molecule has 2 aliphatic rings. The second kappa shape index (κ2) is 5.00. The zero-order valence-electron chi connectivity index (χ0n) is 11.0. The van der Waals surface area contributed by atoms with E-state index >= 15 is 0 Å². The number of hydrogen-bond donors (Lipinski definition) is 1. The van der Waals surface area contributed by atoms with Crippen molar-refractivity contribution in [3.8, 4) is 0 Å². The fourth-order valence-electron chi connectivity index (χ4n) is 3.98. The van der Waals surface area contributed by atoms with Crippen LogP contribution < -0.4 is 5.32 Å². The van der Waals surface area contributed by atoms with Crippen molar-refractivity contribution in [2.75, 3.05) is 0 Å². The molecule has 0 spiro atoms. The molecule has 3 rings (SSSR count). The van der Waals surface area contributed by atoms with Crippen molar-refractivity contribution in [1.82, 2.24) is 5.32 Å². The molecule has 4 atom stereocenters. The molecule has 0 aliphatic heterocycles. The van der Waals surface area contributed by atoms with Gasteiger partial charge in [0.2, 0.25) is 0 Å². The predicted octanol–water partition coefficient (Wildman–Crippen LogP) is 3.74. The summed E-state index contributed by atoms with van der Waals surface area (Å²) in [5.41, 5.74) is 1.05. The summed E-state index contributed by atoms with van der Waals surface area (Å²) >= 11 is 0. The third-order valence-electron chi connectivity index (χ3n) is 4.95. The Balaban J connectivity index is 1.54. The number of fused-ring (bicyclic) bond motifs is 2. The van der Waals surface area contributed by atoms with E-state index in [-0.39, 0.29) is 5.82 Å². The van der Waals surface area contributed by atoms with E-state index in [4.69, 9.17) is 0 Å². The van der Waals surface area contributed by atoms with E-state index in [1.807, 2.05) is 6.07 Å². The first-order valence-corrected chi connectivity index (χ1v) is 7.20. The smallest absolute Gasteiger partial charge is 0.123 e. The van der Waals surface area contributed by atoms with E-state index in [1.165, 1.54) is 31.7 Å². The largest absolute Gasteiger partial charge is 0.310 e. The van der Waals surface area contributed by atoms with E-state index in [1.54, 1.807) is 12.1 Å². The SMILES string of the molecule is CC(NCc1cccc(F)c1)C1CC2CCC1C2. The maximum atomic E-state index is 13.1. The highest BCUT2D eigenvalue weighted by Crippen LogP contribution is 2.49. The van der Waals surface area contributed by atoms with Gasteiger partial charge in [-0.25, -0.2) is 4.39 Å². The Labute approximate surface area is 109 Å². The molecule has 1 nitrogen and oxygen atoms in total. The van der Waals surface area contributed by atoms with Crippen molar-refractivity contribution >= 4 is 0 Å². The maximum Gasteiger partial charge on any atom is 0.123 e. The Morgan fingerprint density at radius 2 is 2.22 bits per heavy atom. The fraction of sp³-hybridized carbons (Fsp3) is 0.625. The quantitative estimate of drug-likeness (QED) is 0.854. The standard InChI is InChI=1S/C16H22FN/c1-11(16-9-12-5-6-14(16)7-12)18-10-13-3-2-4-15(17)8-13/h2-4,8,11-12,14,16,18H,5-7,9-10H2,1H3. The minimum atomic E-state index is -0.137. The first-order chi connectivity index (χ1) is 8.72. The van der Waals surface area contributed by atoms with E-state index in [0.29, 0.717) is 6.04 Å². The van der Waals surface area contributed by atoms with Crippen molar-refractivity contribution in [2.24, 2.45) is 17.8 Å². The number of rotatable bonds is 4. The lowest BCUT2D eigenvalue weighted by molar-refractivity contribution is 0.259. The molecular weight excluding hydrogens is 225 g/mol. The molecule has 2 saturated carbocycles. The molecule has 1 aromatic rings. The summed E-state index contributed by atoms with van der Waals surface area (Å²) in [6.45, 7) is 3.08. The zero-order valence-corrected chi connectivity index (χ0v) is 11.0. The molecule has 2 fully saturated rings. The summed E-state index contributed by atoms with van der Waals surface area (Å²) in [6, 6.07) is 7.46. The van der Waals surface area contributed by atoms with Crippen LogP contribution in [0.1, 0.15) is 38.2 Å². The maximum absolute atomic E-state index is 13.1. The van der Waals surface area contributed by atoms with Crippen LogP contribution in [0.2, 0.25) is 0 Å². The van der Waals surface area contributed by atoms with Gasteiger partial charge in [0.1, 0.15) is 5.82 Å². The highest BCUT2D eigenvalue weighted by Gasteiger charge is 2.41. The monoisotopic (exact) mass is 247 g/mol. The van der Waals surface area contributed by atoms with Crippen molar-refractivity contribution in [2.45, 2.75) is 45.2 Å². The fourth-order valence-corrected chi connectivity index (χ4v) is 3.98. The van der Waals surface area contributed by atoms with Gasteiger partial charge in [0, 0.05) is 12.6 Å². The molecule has 1 N–H and O–H groups in total. The number of hydrogen-bond acceptors (Lipinski definition) is 1. The molecule has 0 amide bonds. The molecular formula is C16H22FN. The predicted molar refractivity (Wildman–Crippen MR) is 71.6 cm³/mol. The molecule has 0 saturated heterocycles. The van der Waals surface area contributed by atoms with E-state index in [2.05, 4.69) is 12.2 Å². The van der Waals surface area contributed by atoms with Gasteiger partial charge in [-0.2, -0.15) is 0 Å². The van der Waals surface area contributed by atoms with Gasteiger partial charge in [-0.1, -0.05) is 18.6 Å². The lowest BCUT2D eigenvalue weighted by Crippen LogP contribution is -2.35. The zero-order chi connectivity index (χ0) is 12.5. The Hall–Kier alpha value is -0.890. The Morgan fingerprint density at radius 1 is 1.33 bits per heavy atom. The lowest BCUT2D eigenvalue weighted by atomic mass is 9.84. The van der Waals surface area contributed by atoms with Gasteiger partial charge >= 0.3 is 0 Å². The van der Waals surface area contributed by atoms with Gasteiger partial charge in [0.05, 0.1) is 0 Å². The Morgan fingerprint density at radius 3 is 2.89 bits per heavy atom. The van der Waals surface area contributed by atoms with Gasteiger partial charge in [0.25, 0.3) is 0 Å². The molecule has 0 heterocycles. The Kier molecular flexibility index (Phi) is 3.38. The van der Waals surface area contributed by atoms with Crippen LogP contribution in [0.25, 0.3) is 0 Å². The molecule has 1 aromatic carbocycles. The van der Waals surface area contributed by atoms with Crippen LogP contribution >= 0.6 is 0 Å². The number of benzene rings is 1. The normalized spacial score (nSPS) is 31.8. The lowest BCUT2D eigenvalue weighted by Gasteiger charge is -2.28. The molecule has 0 radical (unpaired) electrons. The van der Waals surface area contributed by atoms with Crippen molar-refractivity contribution < 1.29 is 4.39 Å². The van der Waals surface area contributed by atoms with Crippen molar-refractivity contribution in [1.29, 1.82) is 0 Å². The average molecular weight is 247 g/mol. The van der Waals surface area contributed by atoms with Gasteiger partial charge in [-0.05, 0) is 61.6 Å². The second-order valence-electron chi connectivity index (χ2n) is 6.14. The molecule has 4 unspecified atom stereocenters. The molecule has 98 valence electrons. The first-order valence-electron chi connectivity index (χ1n) is 7.20. The van der Waals surface area contributed by atoms with Gasteiger partial charge in [-0.3, -0.25) is 0 Å². The molecule has 0 aromatic heterocycles. The summed E-state index contributed by atoms with van der Waals surface area (Å²) in [6.07, 6.45) is 5.75. The highest BCUT2D eigenvalue weighted by molar-refractivity contribution is 5.16. The summed E-state index contributed by atoms with van der Waals surface area (Å²) in [5.74, 6) is 2.66. The molecule has 18 heavy (non-hydrogen) atoms. The minimum Gasteiger partial charge on any atom is -0.310 e. The van der Waals surface area contributed by atoms with Crippen LogP contribution in [-0.2, 0) is 6.54 Å². The van der Waals surface area contributed by atoms with E-state index < -0.39 is 0 Å². The molecule has 2 aliphatic carbocycles. The first kappa shape index (κ1) is 12.2. The van der Waals surface area contributed by atoms with Crippen LogP contribution in [0.4, 0.5) is 4.39 Å². The third-order valence-corrected chi connectivity index (χ3v) is 4.95. The van der Waals surface area contributed by atoms with Crippen LogP contribution in [0.15, 0.2) is 24.3 Å². The molecule has 2 bridgehead atoms. The van der Waals surface area contributed by atoms with Crippen LogP contribution in [0, 0.1) is 23.6 Å². The summed E-state index contributed by atoms with van der Waals surface area (Å²) in [4.78, 5) is 0. The number of halogens is 1. The average Bonchev–Trinajstić information content (AvgIpc) is 2.98. The number of nitrogens with one attached hydrogen (secondary N) is 1. The van der Waals surface area contributed by atoms with Crippen LogP contribution in [0.5, 0.6) is 0 Å². The van der Waals surface area contributed by atoms with Gasteiger partial charge in [-0.15, -0.1) is 0 Å². The van der Waals surface area contributed by atoms with Gasteiger partial charge < -0.3 is 5.32 Å². The summed E-state index contributed by atoms with van der Waals surface area (Å²) < 4.78 is 13.1. The summed E-state index contributed by atoms with van der Waals surface area (Å²) in [5, 5.41) is 3.59. The van der Waals surface area contributed by atoms with Crippen molar-refractivity contribution in [3.63, 3.8) is 0 Å². The van der Waals surface area contributed by atoms with Gasteiger partial charge in [0.15, 0.2) is 0 Å².